The summed E-state index contributed by atoms with van der Waals surface area (Å²) in [5.41, 5.74) is 1.72. The molecular formula is C13H14BrF3N4. The van der Waals surface area contributed by atoms with Gasteiger partial charge in [-0.3, -0.25) is 5.84 Å². The molecule has 0 bridgehead atoms. The Labute approximate surface area is 128 Å². The molecule has 0 aliphatic rings. The maximum atomic E-state index is 13.2. The number of aryl methyl sites for hydroxylation is 1. The van der Waals surface area contributed by atoms with E-state index < -0.39 is 17.8 Å². The van der Waals surface area contributed by atoms with Crippen LogP contribution < -0.4 is 11.3 Å². The summed E-state index contributed by atoms with van der Waals surface area (Å²) >= 11 is 3.06. The molecule has 1 unspecified atom stereocenters. The number of benzene rings is 1. The molecule has 21 heavy (non-hydrogen) atoms. The van der Waals surface area contributed by atoms with Gasteiger partial charge in [0.2, 0.25) is 0 Å². The molecule has 0 amide bonds. The van der Waals surface area contributed by atoms with Gasteiger partial charge >= 0.3 is 6.18 Å². The smallest absolute Gasteiger partial charge is 0.334 e. The fraction of sp³-hybridized carbons (Fsp3) is 0.308. The molecule has 0 aliphatic heterocycles. The predicted octanol–water partition coefficient (Wildman–Crippen LogP) is 3.24. The van der Waals surface area contributed by atoms with E-state index in [-0.39, 0.29) is 5.56 Å². The molecule has 1 heterocycles. The molecule has 0 aliphatic carbocycles. The number of hydrogen-bond acceptors (Lipinski definition) is 3. The molecule has 1 atom stereocenters. The first-order valence-electron chi connectivity index (χ1n) is 6.22. The number of imidazole rings is 1. The van der Waals surface area contributed by atoms with Crippen molar-refractivity contribution in [3.8, 4) is 0 Å². The monoisotopic (exact) mass is 362 g/mol. The summed E-state index contributed by atoms with van der Waals surface area (Å²) in [6, 6.07) is 3.14. The summed E-state index contributed by atoms with van der Waals surface area (Å²) in [6.07, 6.45) is -1.24. The van der Waals surface area contributed by atoms with E-state index in [0.717, 1.165) is 6.07 Å². The van der Waals surface area contributed by atoms with Crippen LogP contribution in [0.25, 0.3) is 0 Å². The Kier molecular flexibility index (Phi) is 4.70. The van der Waals surface area contributed by atoms with Crippen molar-refractivity contribution in [2.45, 2.75) is 25.7 Å². The van der Waals surface area contributed by atoms with Crippen molar-refractivity contribution < 1.29 is 13.2 Å². The number of hydrogen-bond donors (Lipinski definition) is 2. The largest absolute Gasteiger partial charge is 0.416 e. The maximum absolute atomic E-state index is 13.2. The highest BCUT2D eigenvalue weighted by Gasteiger charge is 2.36. The highest BCUT2D eigenvalue weighted by Crippen LogP contribution is 2.37. The summed E-state index contributed by atoms with van der Waals surface area (Å²) in [4.78, 5) is 4.12. The van der Waals surface area contributed by atoms with E-state index in [1.807, 2.05) is 6.92 Å². The summed E-state index contributed by atoms with van der Waals surface area (Å²) < 4.78 is 41.8. The van der Waals surface area contributed by atoms with E-state index in [2.05, 4.69) is 26.3 Å². The topological polar surface area (TPSA) is 55.9 Å². The van der Waals surface area contributed by atoms with E-state index in [1.54, 1.807) is 16.8 Å². The summed E-state index contributed by atoms with van der Waals surface area (Å²) in [5.74, 6) is 5.93. The summed E-state index contributed by atoms with van der Waals surface area (Å²) in [7, 11) is 0. The van der Waals surface area contributed by atoms with Gasteiger partial charge in [-0.1, -0.05) is 22.0 Å². The number of aromatic nitrogens is 2. The minimum absolute atomic E-state index is 0.0362. The SMILES string of the molecule is CCn1ccnc1C(NN)c1ccc(Br)cc1C(F)(F)F. The van der Waals surface area contributed by atoms with Gasteiger partial charge in [0, 0.05) is 23.4 Å². The number of alkyl halides is 3. The average molecular weight is 363 g/mol. The van der Waals surface area contributed by atoms with Crippen LogP contribution in [-0.2, 0) is 12.7 Å². The number of halogens is 4. The average Bonchev–Trinajstić information content (AvgIpc) is 2.88. The van der Waals surface area contributed by atoms with Gasteiger partial charge in [0.15, 0.2) is 0 Å². The predicted molar refractivity (Wildman–Crippen MR) is 76.2 cm³/mol. The van der Waals surface area contributed by atoms with Crippen molar-refractivity contribution in [2.75, 3.05) is 0 Å². The van der Waals surface area contributed by atoms with Crippen LogP contribution in [0.2, 0.25) is 0 Å². The Bertz CT molecular complexity index is 624. The van der Waals surface area contributed by atoms with E-state index in [9.17, 15) is 13.2 Å². The van der Waals surface area contributed by atoms with Crippen LogP contribution in [0.4, 0.5) is 13.2 Å². The van der Waals surface area contributed by atoms with Gasteiger partial charge in [0.25, 0.3) is 0 Å². The molecule has 8 heteroatoms. The molecule has 1 aromatic heterocycles. The fourth-order valence-corrected chi connectivity index (χ4v) is 2.54. The highest BCUT2D eigenvalue weighted by atomic mass is 79.9. The molecular weight excluding hydrogens is 349 g/mol. The van der Waals surface area contributed by atoms with Gasteiger partial charge in [0.1, 0.15) is 11.9 Å². The Morgan fingerprint density at radius 3 is 2.71 bits per heavy atom. The minimum Gasteiger partial charge on any atom is -0.334 e. The van der Waals surface area contributed by atoms with E-state index >= 15 is 0 Å². The molecule has 4 nitrogen and oxygen atoms in total. The van der Waals surface area contributed by atoms with E-state index in [1.165, 1.54) is 12.3 Å². The van der Waals surface area contributed by atoms with E-state index in [0.29, 0.717) is 16.8 Å². The van der Waals surface area contributed by atoms with Crippen molar-refractivity contribution >= 4 is 15.9 Å². The number of nitrogens with zero attached hydrogens (tertiary/aromatic N) is 2. The Morgan fingerprint density at radius 2 is 2.14 bits per heavy atom. The zero-order chi connectivity index (χ0) is 15.6. The Hall–Kier alpha value is -1.38. The lowest BCUT2D eigenvalue weighted by Gasteiger charge is -2.21. The van der Waals surface area contributed by atoms with Crippen LogP contribution >= 0.6 is 15.9 Å². The molecule has 0 saturated heterocycles. The molecule has 114 valence electrons. The van der Waals surface area contributed by atoms with Crippen LogP contribution in [0.3, 0.4) is 0 Å². The lowest BCUT2D eigenvalue weighted by atomic mass is 9.99. The maximum Gasteiger partial charge on any atom is 0.416 e. The summed E-state index contributed by atoms with van der Waals surface area (Å²) in [5, 5.41) is 0. The Morgan fingerprint density at radius 1 is 1.43 bits per heavy atom. The first kappa shape index (κ1) is 16.0. The molecule has 1 aromatic carbocycles. The van der Waals surface area contributed by atoms with Gasteiger partial charge in [-0.2, -0.15) is 13.2 Å². The first-order chi connectivity index (χ1) is 9.88. The lowest BCUT2D eigenvalue weighted by Crippen LogP contribution is -2.32. The molecule has 0 spiro atoms. The second-order valence-corrected chi connectivity index (χ2v) is 5.32. The quantitative estimate of drug-likeness (QED) is 0.648. The first-order valence-corrected chi connectivity index (χ1v) is 7.01. The third-order valence-electron chi connectivity index (χ3n) is 3.14. The normalized spacial score (nSPS) is 13.4. The molecule has 0 radical (unpaired) electrons. The molecule has 0 fully saturated rings. The van der Waals surface area contributed by atoms with Gasteiger partial charge < -0.3 is 4.57 Å². The van der Waals surface area contributed by atoms with Crippen LogP contribution in [0.15, 0.2) is 35.1 Å². The fourth-order valence-electron chi connectivity index (χ4n) is 2.18. The molecule has 2 aromatic rings. The third kappa shape index (κ3) is 3.28. The van der Waals surface area contributed by atoms with Gasteiger partial charge in [-0.15, -0.1) is 0 Å². The third-order valence-corrected chi connectivity index (χ3v) is 3.64. The van der Waals surface area contributed by atoms with Crippen molar-refractivity contribution in [3.63, 3.8) is 0 Å². The van der Waals surface area contributed by atoms with Crippen LogP contribution in [-0.4, -0.2) is 9.55 Å². The van der Waals surface area contributed by atoms with Crippen molar-refractivity contribution in [1.82, 2.24) is 15.0 Å². The molecule has 0 saturated carbocycles. The van der Waals surface area contributed by atoms with Crippen molar-refractivity contribution in [2.24, 2.45) is 5.84 Å². The molecule has 2 rings (SSSR count). The molecule has 3 N–H and O–H groups in total. The lowest BCUT2D eigenvalue weighted by molar-refractivity contribution is -0.138. The van der Waals surface area contributed by atoms with Crippen molar-refractivity contribution in [3.05, 3.63) is 52.0 Å². The number of nitrogens with two attached hydrogens (primary N) is 1. The standard InChI is InChI=1S/C13H14BrF3N4/c1-2-21-6-5-19-12(21)11(20-18)9-4-3-8(14)7-10(9)13(15,16)17/h3-7,11,20H,2,18H2,1H3. The van der Waals surface area contributed by atoms with Crippen LogP contribution in [0, 0.1) is 0 Å². The number of rotatable bonds is 4. The zero-order valence-electron chi connectivity index (χ0n) is 11.2. The van der Waals surface area contributed by atoms with Crippen LogP contribution in [0.1, 0.15) is 29.9 Å². The second kappa shape index (κ2) is 6.17. The summed E-state index contributed by atoms with van der Waals surface area (Å²) in [6.45, 7) is 2.47. The zero-order valence-corrected chi connectivity index (χ0v) is 12.7. The van der Waals surface area contributed by atoms with Gasteiger partial charge in [0.05, 0.1) is 5.56 Å². The highest BCUT2D eigenvalue weighted by molar-refractivity contribution is 9.10. The van der Waals surface area contributed by atoms with Crippen molar-refractivity contribution in [1.29, 1.82) is 0 Å². The van der Waals surface area contributed by atoms with E-state index in [4.69, 9.17) is 5.84 Å². The second-order valence-electron chi connectivity index (χ2n) is 4.40. The number of hydrazine groups is 1. The van der Waals surface area contributed by atoms with Gasteiger partial charge in [-0.05, 0) is 24.6 Å². The van der Waals surface area contributed by atoms with Crippen LogP contribution in [0.5, 0.6) is 0 Å². The number of nitrogens with one attached hydrogen (secondary N) is 1. The minimum atomic E-state index is -4.47. The Balaban J connectivity index is 2.58. The van der Waals surface area contributed by atoms with Gasteiger partial charge in [-0.25, -0.2) is 10.4 Å².